The van der Waals surface area contributed by atoms with Crippen molar-refractivity contribution in [3.8, 4) is 16.9 Å². The lowest BCUT2D eigenvalue weighted by Gasteiger charge is -2.23. The van der Waals surface area contributed by atoms with Crippen molar-refractivity contribution in [1.29, 1.82) is 0 Å². The molecule has 1 N–H and O–H groups in total. The van der Waals surface area contributed by atoms with Gasteiger partial charge in [-0.1, -0.05) is 60.7 Å². The lowest BCUT2D eigenvalue weighted by Crippen LogP contribution is -2.37. The number of carbonyl (C=O) groups is 2. The predicted octanol–water partition coefficient (Wildman–Crippen LogP) is 3.79. The van der Waals surface area contributed by atoms with Crippen molar-refractivity contribution < 1.29 is 14.3 Å². The molecule has 5 nitrogen and oxygen atoms in total. The van der Waals surface area contributed by atoms with Gasteiger partial charge in [0.05, 0.1) is 13.0 Å². The van der Waals surface area contributed by atoms with E-state index in [-0.39, 0.29) is 17.7 Å². The zero-order valence-electron chi connectivity index (χ0n) is 17.6. The summed E-state index contributed by atoms with van der Waals surface area (Å²) in [5.74, 6) is 0.262. The maximum atomic E-state index is 13.1. The Labute approximate surface area is 182 Å². The second-order valence-electron chi connectivity index (χ2n) is 7.74. The minimum absolute atomic E-state index is 0.00641. The molecule has 1 aliphatic heterocycles. The van der Waals surface area contributed by atoms with Crippen molar-refractivity contribution in [2.24, 2.45) is 5.92 Å². The van der Waals surface area contributed by atoms with Crippen molar-refractivity contribution in [3.05, 3.63) is 90.0 Å². The first kappa shape index (κ1) is 20.7. The quantitative estimate of drug-likeness (QED) is 0.691. The Morgan fingerprint density at radius 1 is 1.00 bits per heavy atom. The highest BCUT2D eigenvalue weighted by Gasteiger charge is 2.28. The smallest absolute Gasteiger partial charge is 0.254 e. The highest BCUT2D eigenvalue weighted by Crippen LogP contribution is 2.22. The van der Waals surface area contributed by atoms with E-state index < -0.39 is 0 Å². The zero-order chi connectivity index (χ0) is 21.6. The minimum Gasteiger partial charge on any atom is -0.497 e. The molecule has 158 valence electrons. The minimum atomic E-state index is -0.292. The van der Waals surface area contributed by atoms with Gasteiger partial charge in [-0.2, -0.15) is 0 Å². The lowest BCUT2D eigenvalue weighted by molar-refractivity contribution is -0.124. The highest BCUT2D eigenvalue weighted by atomic mass is 16.5. The van der Waals surface area contributed by atoms with Gasteiger partial charge < -0.3 is 15.0 Å². The number of hydrogen-bond acceptors (Lipinski definition) is 3. The Balaban J connectivity index is 1.48. The van der Waals surface area contributed by atoms with E-state index in [1.807, 2.05) is 24.3 Å². The Bertz CT molecular complexity index is 1050. The van der Waals surface area contributed by atoms with Crippen LogP contribution < -0.4 is 10.1 Å². The fourth-order valence-electron chi connectivity index (χ4n) is 3.93. The van der Waals surface area contributed by atoms with Gasteiger partial charge in [-0.3, -0.25) is 9.59 Å². The summed E-state index contributed by atoms with van der Waals surface area (Å²) < 4.78 is 5.24. The molecule has 5 heteroatoms. The topological polar surface area (TPSA) is 58.6 Å². The standard InChI is InChI=1S/C26H26N2O3/c1-31-24-9-5-8-22(17-24)26(30)28-15-14-27-25(29)23(18-28)16-19-10-12-21(13-11-19)20-6-3-2-4-7-20/h2-13,17,23H,14-16,18H2,1H3,(H,27,29)/t23-/m1/s1. The van der Waals surface area contributed by atoms with Gasteiger partial charge in [0, 0.05) is 25.2 Å². The molecule has 0 aromatic heterocycles. The first-order valence-electron chi connectivity index (χ1n) is 10.5. The predicted molar refractivity (Wildman–Crippen MR) is 121 cm³/mol. The average Bonchev–Trinajstić information content (AvgIpc) is 3.01. The third-order valence-corrected chi connectivity index (χ3v) is 5.64. The van der Waals surface area contributed by atoms with Crippen molar-refractivity contribution in [2.75, 3.05) is 26.7 Å². The van der Waals surface area contributed by atoms with Gasteiger partial charge in [-0.05, 0) is 41.3 Å². The number of nitrogens with one attached hydrogen (secondary N) is 1. The maximum Gasteiger partial charge on any atom is 0.254 e. The van der Waals surface area contributed by atoms with Crippen LogP contribution in [0.4, 0.5) is 0 Å². The molecule has 1 heterocycles. The Morgan fingerprint density at radius 2 is 1.74 bits per heavy atom. The Morgan fingerprint density at radius 3 is 2.48 bits per heavy atom. The van der Waals surface area contributed by atoms with Crippen LogP contribution in [0, 0.1) is 5.92 Å². The van der Waals surface area contributed by atoms with Gasteiger partial charge in [0.15, 0.2) is 0 Å². The molecule has 0 bridgehead atoms. The highest BCUT2D eigenvalue weighted by molar-refractivity contribution is 5.95. The molecule has 1 aliphatic rings. The number of benzene rings is 3. The monoisotopic (exact) mass is 414 g/mol. The summed E-state index contributed by atoms with van der Waals surface area (Å²) in [5, 5.41) is 2.95. The van der Waals surface area contributed by atoms with E-state index in [1.165, 1.54) is 0 Å². The lowest BCUT2D eigenvalue weighted by atomic mass is 9.96. The van der Waals surface area contributed by atoms with E-state index in [0.717, 1.165) is 16.7 Å². The molecule has 4 rings (SSSR count). The first-order valence-corrected chi connectivity index (χ1v) is 10.5. The van der Waals surface area contributed by atoms with Crippen LogP contribution in [-0.2, 0) is 11.2 Å². The number of nitrogens with zero attached hydrogens (tertiary/aromatic N) is 1. The fourth-order valence-corrected chi connectivity index (χ4v) is 3.93. The van der Waals surface area contributed by atoms with Crippen LogP contribution in [-0.4, -0.2) is 43.5 Å². The molecule has 31 heavy (non-hydrogen) atoms. The van der Waals surface area contributed by atoms with Crippen molar-refractivity contribution in [1.82, 2.24) is 10.2 Å². The normalized spacial score (nSPS) is 16.4. The summed E-state index contributed by atoms with van der Waals surface area (Å²) in [6, 6.07) is 25.6. The second kappa shape index (κ2) is 9.47. The Kier molecular flexibility index (Phi) is 6.32. The number of ether oxygens (including phenoxy) is 1. The van der Waals surface area contributed by atoms with E-state index in [0.29, 0.717) is 37.4 Å². The van der Waals surface area contributed by atoms with Crippen LogP contribution >= 0.6 is 0 Å². The van der Waals surface area contributed by atoms with Gasteiger partial charge in [0.25, 0.3) is 5.91 Å². The van der Waals surface area contributed by atoms with Crippen molar-refractivity contribution >= 4 is 11.8 Å². The van der Waals surface area contributed by atoms with Crippen LogP contribution in [0.15, 0.2) is 78.9 Å². The fraction of sp³-hybridized carbons (Fsp3) is 0.231. The molecule has 0 radical (unpaired) electrons. The number of methoxy groups -OCH3 is 1. The molecule has 1 atom stereocenters. The van der Waals surface area contributed by atoms with E-state index in [1.54, 1.807) is 30.2 Å². The molecule has 2 amide bonds. The van der Waals surface area contributed by atoms with E-state index in [2.05, 4.69) is 41.7 Å². The van der Waals surface area contributed by atoms with Gasteiger partial charge in [-0.25, -0.2) is 0 Å². The summed E-state index contributed by atoms with van der Waals surface area (Å²) in [7, 11) is 1.58. The molecule has 0 saturated carbocycles. The first-order chi connectivity index (χ1) is 15.1. The number of carbonyl (C=O) groups excluding carboxylic acids is 2. The number of rotatable bonds is 5. The third-order valence-electron chi connectivity index (χ3n) is 5.64. The SMILES string of the molecule is COc1cccc(C(=O)N2CCNC(=O)[C@H](Cc3ccc(-c4ccccc4)cc3)C2)c1. The second-order valence-corrected chi connectivity index (χ2v) is 7.74. The molecule has 1 fully saturated rings. The van der Waals surface area contributed by atoms with Crippen LogP contribution in [0.1, 0.15) is 15.9 Å². The van der Waals surface area contributed by atoms with E-state index in [4.69, 9.17) is 4.74 Å². The summed E-state index contributed by atoms with van der Waals surface area (Å²) in [6.45, 7) is 1.34. The van der Waals surface area contributed by atoms with Crippen LogP contribution in [0.2, 0.25) is 0 Å². The van der Waals surface area contributed by atoms with Gasteiger partial charge in [0.1, 0.15) is 5.75 Å². The largest absolute Gasteiger partial charge is 0.497 e. The molecular formula is C26H26N2O3. The Hall–Kier alpha value is -3.60. The van der Waals surface area contributed by atoms with E-state index >= 15 is 0 Å². The molecule has 0 spiro atoms. The third kappa shape index (κ3) is 4.94. The molecule has 0 aliphatic carbocycles. The summed E-state index contributed by atoms with van der Waals surface area (Å²) in [5.41, 5.74) is 3.95. The average molecular weight is 415 g/mol. The van der Waals surface area contributed by atoms with Crippen molar-refractivity contribution in [3.63, 3.8) is 0 Å². The van der Waals surface area contributed by atoms with E-state index in [9.17, 15) is 9.59 Å². The van der Waals surface area contributed by atoms with Crippen LogP contribution in [0.25, 0.3) is 11.1 Å². The molecular weight excluding hydrogens is 388 g/mol. The maximum absolute atomic E-state index is 13.1. The number of amides is 2. The molecule has 3 aromatic rings. The number of hydrogen-bond donors (Lipinski definition) is 1. The summed E-state index contributed by atoms with van der Waals surface area (Å²) in [4.78, 5) is 27.5. The van der Waals surface area contributed by atoms with Crippen LogP contribution in [0.3, 0.4) is 0 Å². The summed E-state index contributed by atoms with van der Waals surface area (Å²) >= 11 is 0. The van der Waals surface area contributed by atoms with Gasteiger partial charge in [-0.15, -0.1) is 0 Å². The molecule has 3 aromatic carbocycles. The van der Waals surface area contributed by atoms with Gasteiger partial charge >= 0.3 is 0 Å². The van der Waals surface area contributed by atoms with Crippen LogP contribution in [0.5, 0.6) is 5.75 Å². The molecule has 1 saturated heterocycles. The zero-order valence-corrected chi connectivity index (χ0v) is 17.6. The molecule has 0 unspecified atom stereocenters. The van der Waals surface area contributed by atoms with Crippen molar-refractivity contribution in [2.45, 2.75) is 6.42 Å². The summed E-state index contributed by atoms with van der Waals surface area (Å²) in [6.07, 6.45) is 0.586. The van der Waals surface area contributed by atoms with Gasteiger partial charge in [0.2, 0.25) is 5.91 Å².